The summed E-state index contributed by atoms with van der Waals surface area (Å²) < 4.78 is 7.05. The normalized spacial score (nSPS) is 13.5. The molecule has 0 saturated carbocycles. The minimum absolute atomic E-state index is 0.0435. The van der Waals surface area contributed by atoms with Crippen molar-refractivity contribution in [1.82, 2.24) is 14.5 Å². The molecule has 1 aromatic carbocycles. The van der Waals surface area contributed by atoms with E-state index in [0.717, 1.165) is 41.5 Å². The number of ether oxygens (including phenoxy) is 1. The Hall–Kier alpha value is -2.32. The molecule has 8 heteroatoms. The first-order chi connectivity index (χ1) is 15.8. The number of hydrogen-bond acceptors (Lipinski definition) is 6. The zero-order valence-electron chi connectivity index (χ0n) is 19.9. The number of amides is 1. The number of nitrogens with zero attached hydrogens (tertiary/aromatic N) is 3. The van der Waals surface area contributed by atoms with Crippen molar-refractivity contribution in [1.29, 1.82) is 0 Å². The van der Waals surface area contributed by atoms with Gasteiger partial charge in [-0.1, -0.05) is 17.8 Å². The van der Waals surface area contributed by atoms with Crippen LogP contribution in [0.2, 0.25) is 0 Å². The number of thioether (sulfide) groups is 1. The summed E-state index contributed by atoms with van der Waals surface area (Å²) in [6, 6.07) is 7.67. The molecule has 6 nitrogen and oxygen atoms in total. The first kappa shape index (κ1) is 23.8. The Kier molecular flexibility index (Phi) is 7.14. The summed E-state index contributed by atoms with van der Waals surface area (Å²) in [5, 5.41) is 1.28. The molecule has 0 saturated heterocycles. The van der Waals surface area contributed by atoms with Gasteiger partial charge in [0.15, 0.2) is 5.16 Å². The maximum Gasteiger partial charge on any atom is 0.267 e. The van der Waals surface area contributed by atoms with Crippen LogP contribution in [0.4, 0.5) is 0 Å². The molecule has 2 aromatic heterocycles. The Morgan fingerprint density at radius 1 is 1.21 bits per heavy atom. The highest BCUT2D eigenvalue weighted by Crippen LogP contribution is 2.35. The van der Waals surface area contributed by atoms with Crippen molar-refractivity contribution < 1.29 is 9.53 Å². The minimum atomic E-state index is -0.0628. The number of methoxy groups -OCH3 is 1. The molecule has 2 heterocycles. The van der Waals surface area contributed by atoms with Crippen LogP contribution >= 0.6 is 23.1 Å². The summed E-state index contributed by atoms with van der Waals surface area (Å²) >= 11 is 2.96. The van der Waals surface area contributed by atoms with Crippen molar-refractivity contribution in [2.24, 2.45) is 0 Å². The topological polar surface area (TPSA) is 64.4 Å². The molecule has 0 radical (unpaired) electrons. The highest BCUT2D eigenvalue weighted by molar-refractivity contribution is 7.99. The van der Waals surface area contributed by atoms with Gasteiger partial charge in [-0.3, -0.25) is 14.2 Å². The second-order valence-electron chi connectivity index (χ2n) is 8.90. The first-order valence-electron chi connectivity index (χ1n) is 11.5. The molecule has 33 heavy (non-hydrogen) atoms. The summed E-state index contributed by atoms with van der Waals surface area (Å²) in [6.07, 6.45) is 4.18. The van der Waals surface area contributed by atoms with Gasteiger partial charge in [0.2, 0.25) is 5.91 Å². The fraction of sp³-hybridized carbons (Fsp3) is 0.480. The minimum Gasteiger partial charge on any atom is -0.497 e. The fourth-order valence-electron chi connectivity index (χ4n) is 4.63. The summed E-state index contributed by atoms with van der Waals surface area (Å²) in [7, 11) is 1.61. The van der Waals surface area contributed by atoms with Crippen LogP contribution in [0, 0.1) is 0 Å². The van der Waals surface area contributed by atoms with E-state index in [-0.39, 0.29) is 29.3 Å². The molecule has 176 valence electrons. The van der Waals surface area contributed by atoms with E-state index in [2.05, 4.69) is 0 Å². The highest BCUT2D eigenvalue weighted by Gasteiger charge is 2.25. The predicted octanol–water partition coefficient (Wildman–Crippen LogP) is 5.07. The van der Waals surface area contributed by atoms with Gasteiger partial charge in [-0.15, -0.1) is 11.3 Å². The van der Waals surface area contributed by atoms with Gasteiger partial charge in [-0.05, 0) is 71.1 Å². The van der Waals surface area contributed by atoms with Crippen molar-refractivity contribution >= 4 is 39.2 Å². The SMILES string of the molecule is COc1cccc(-n2c(SCC(=O)N(C(C)C)C(C)C)nc3sc4c(c3c2=O)CCCC4)c1. The van der Waals surface area contributed by atoms with Crippen molar-refractivity contribution in [2.45, 2.75) is 70.6 Å². The maximum atomic E-state index is 13.9. The molecule has 0 spiro atoms. The zero-order valence-corrected chi connectivity index (χ0v) is 21.5. The summed E-state index contributed by atoms with van der Waals surface area (Å²) in [6.45, 7) is 8.09. The number of hydrogen-bond donors (Lipinski definition) is 0. The molecule has 0 N–H and O–H groups in total. The van der Waals surface area contributed by atoms with E-state index < -0.39 is 0 Å². The van der Waals surface area contributed by atoms with Gasteiger partial charge in [0.25, 0.3) is 5.56 Å². The quantitative estimate of drug-likeness (QED) is 0.345. The smallest absolute Gasteiger partial charge is 0.267 e. The van der Waals surface area contributed by atoms with Crippen LogP contribution in [-0.2, 0) is 17.6 Å². The van der Waals surface area contributed by atoms with Crippen molar-refractivity contribution in [3.8, 4) is 11.4 Å². The van der Waals surface area contributed by atoms with E-state index >= 15 is 0 Å². The number of rotatable bonds is 7. The Balaban J connectivity index is 1.82. The van der Waals surface area contributed by atoms with Gasteiger partial charge >= 0.3 is 0 Å². The third-order valence-electron chi connectivity index (χ3n) is 6.00. The van der Waals surface area contributed by atoms with Crippen LogP contribution in [-0.4, -0.2) is 45.3 Å². The van der Waals surface area contributed by atoms with Crippen LogP contribution in [0.25, 0.3) is 15.9 Å². The number of carbonyl (C=O) groups is 1. The summed E-state index contributed by atoms with van der Waals surface area (Å²) in [4.78, 5) is 35.8. The lowest BCUT2D eigenvalue weighted by Gasteiger charge is -2.30. The fourth-order valence-corrected chi connectivity index (χ4v) is 6.82. The molecule has 4 rings (SSSR count). The lowest BCUT2D eigenvalue weighted by atomic mass is 9.97. The first-order valence-corrected chi connectivity index (χ1v) is 13.3. The molecule has 1 aliphatic rings. The van der Waals surface area contributed by atoms with Gasteiger partial charge in [0, 0.05) is 23.0 Å². The molecule has 3 aromatic rings. The van der Waals surface area contributed by atoms with Gasteiger partial charge in [0.1, 0.15) is 10.6 Å². The van der Waals surface area contributed by atoms with Crippen LogP contribution in [0.5, 0.6) is 5.75 Å². The highest BCUT2D eigenvalue weighted by atomic mass is 32.2. The van der Waals surface area contributed by atoms with Crippen LogP contribution < -0.4 is 10.3 Å². The van der Waals surface area contributed by atoms with E-state index in [1.165, 1.54) is 16.6 Å². The van der Waals surface area contributed by atoms with Gasteiger partial charge in [0.05, 0.1) is 23.9 Å². The van der Waals surface area contributed by atoms with Crippen LogP contribution in [0.15, 0.2) is 34.2 Å². The molecule has 0 fully saturated rings. The molecule has 0 aliphatic heterocycles. The molecule has 0 atom stereocenters. The van der Waals surface area contributed by atoms with Crippen LogP contribution in [0.3, 0.4) is 0 Å². The Morgan fingerprint density at radius 3 is 2.64 bits per heavy atom. The van der Waals surface area contributed by atoms with E-state index in [4.69, 9.17) is 9.72 Å². The number of carbonyl (C=O) groups excluding carboxylic acids is 1. The second-order valence-corrected chi connectivity index (χ2v) is 10.9. The third-order valence-corrected chi connectivity index (χ3v) is 8.10. The molecule has 0 unspecified atom stereocenters. The van der Waals surface area contributed by atoms with Crippen molar-refractivity contribution in [3.05, 3.63) is 45.1 Å². The average Bonchev–Trinajstić information content (AvgIpc) is 3.16. The molecular formula is C25H31N3O3S2. The van der Waals surface area contributed by atoms with Gasteiger partial charge < -0.3 is 9.64 Å². The van der Waals surface area contributed by atoms with Gasteiger partial charge in [-0.25, -0.2) is 4.98 Å². The molecular weight excluding hydrogens is 454 g/mol. The molecule has 0 bridgehead atoms. The second kappa shape index (κ2) is 9.89. The number of aryl methyl sites for hydroxylation is 2. The van der Waals surface area contributed by atoms with Crippen molar-refractivity contribution in [2.75, 3.05) is 12.9 Å². The van der Waals surface area contributed by atoms with E-state index in [1.807, 2.05) is 56.9 Å². The lowest BCUT2D eigenvalue weighted by Crippen LogP contribution is -2.43. The van der Waals surface area contributed by atoms with Crippen LogP contribution in [0.1, 0.15) is 51.0 Å². The number of fused-ring (bicyclic) bond motifs is 3. The Morgan fingerprint density at radius 2 is 1.94 bits per heavy atom. The zero-order chi connectivity index (χ0) is 23.7. The number of thiophene rings is 1. The number of aromatic nitrogens is 2. The molecule has 1 amide bonds. The van der Waals surface area contributed by atoms with Crippen molar-refractivity contribution in [3.63, 3.8) is 0 Å². The van der Waals surface area contributed by atoms with E-state index in [1.54, 1.807) is 23.0 Å². The average molecular weight is 486 g/mol. The van der Waals surface area contributed by atoms with E-state index in [0.29, 0.717) is 16.6 Å². The Labute approximate surface area is 203 Å². The largest absolute Gasteiger partial charge is 0.497 e. The predicted molar refractivity (Wildman–Crippen MR) is 136 cm³/mol. The standard InChI is InChI=1S/C25H31N3O3S2/c1-15(2)27(16(3)4)21(29)14-32-25-26-23-22(19-11-6-7-12-20(19)33-23)24(30)28(25)17-9-8-10-18(13-17)31-5/h8-10,13,15-16H,6-7,11-12,14H2,1-5H3. The Bertz CT molecular complexity index is 1220. The summed E-state index contributed by atoms with van der Waals surface area (Å²) in [5.41, 5.74) is 1.80. The monoisotopic (exact) mass is 485 g/mol. The third kappa shape index (κ3) is 4.68. The molecule has 1 aliphatic carbocycles. The van der Waals surface area contributed by atoms with E-state index in [9.17, 15) is 9.59 Å². The number of benzene rings is 1. The maximum absolute atomic E-state index is 13.9. The lowest BCUT2D eigenvalue weighted by molar-refractivity contribution is -0.131. The van der Waals surface area contributed by atoms with Gasteiger partial charge in [-0.2, -0.15) is 0 Å². The summed E-state index contributed by atoms with van der Waals surface area (Å²) in [5.74, 6) is 0.940.